The normalized spacial score (nSPS) is 11.0. The van der Waals surface area contributed by atoms with E-state index in [2.05, 4.69) is 9.97 Å². The number of para-hydroxylation sites is 1. The minimum Gasteiger partial charge on any atom is -0.330 e. The molecule has 3 aromatic rings. The van der Waals surface area contributed by atoms with Gasteiger partial charge in [-0.15, -0.1) is 11.3 Å². The Kier molecular flexibility index (Phi) is 4.82. The second kappa shape index (κ2) is 7.00. The smallest absolute Gasteiger partial charge is 0.183 e. The third-order valence-electron chi connectivity index (χ3n) is 3.17. The highest BCUT2D eigenvalue weighted by atomic mass is 32.2. The number of fused-ring (bicyclic) bond motifs is 1. The monoisotopic (exact) mass is 329 g/mol. The number of rotatable bonds is 6. The standard InChI is InChI=1S/C16H15N3OS2/c17-8-7-11-5-6-15(22-11)14(20)9-21-16-12-3-1-2-4-13(12)18-10-19-16/h1-6,10H,7-9,17H2. The lowest BCUT2D eigenvalue weighted by Gasteiger charge is -2.03. The van der Waals surface area contributed by atoms with Gasteiger partial charge < -0.3 is 5.73 Å². The van der Waals surface area contributed by atoms with Crippen molar-refractivity contribution in [3.63, 3.8) is 0 Å². The average molecular weight is 329 g/mol. The predicted molar refractivity (Wildman–Crippen MR) is 91.7 cm³/mol. The summed E-state index contributed by atoms with van der Waals surface area (Å²) in [7, 11) is 0. The summed E-state index contributed by atoms with van der Waals surface area (Å²) in [5.74, 6) is 0.504. The van der Waals surface area contributed by atoms with Gasteiger partial charge in [0.2, 0.25) is 0 Å². The fourth-order valence-corrected chi connectivity index (χ4v) is 4.03. The average Bonchev–Trinajstić information content (AvgIpc) is 3.02. The summed E-state index contributed by atoms with van der Waals surface area (Å²) in [5, 5.41) is 1.83. The van der Waals surface area contributed by atoms with E-state index in [0.717, 1.165) is 32.1 Å². The molecule has 0 unspecified atom stereocenters. The molecule has 0 aliphatic carbocycles. The van der Waals surface area contributed by atoms with Crippen LogP contribution >= 0.6 is 23.1 Å². The fraction of sp³-hybridized carbons (Fsp3) is 0.188. The lowest BCUT2D eigenvalue weighted by atomic mass is 10.2. The number of hydrogen-bond donors (Lipinski definition) is 1. The highest BCUT2D eigenvalue weighted by Gasteiger charge is 2.12. The SMILES string of the molecule is NCCc1ccc(C(=O)CSc2ncnc3ccccc23)s1. The Morgan fingerprint density at radius 2 is 2.05 bits per heavy atom. The van der Waals surface area contributed by atoms with Gasteiger partial charge in [-0.05, 0) is 31.2 Å². The van der Waals surface area contributed by atoms with Crippen molar-refractivity contribution in [2.24, 2.45) is 5.73 Å². The van der Waals surface area contributed by atoms with Crippen molar-refractivity contribution in [1.82, 2.24) is 9.97 Å². The number of nitrogens with zero attached hydrogens (tertiary/aromatic N) is 2. The zero-order valence-electron chi connectivity index (χ0n) is 11.9. The molecule has 3 rings (SSSR count). The first kappa shape index (κ1) is 15.1. The molecule has 2 N–H and O–H groups in total. The number of nitrogens with two attached hydrogens (primary N) is 1. The van der Waals surface area contributed by atoms with Gasteiger partial charge in [0.1, 0.15) is 11.4 Å². The van der Waals surface area contributed by atoms with E-state index < -0.39 is 0 Å². The molecule has 0 spiro atoms. The lowest BCUT2D eigenvalue weighted by Crippen LogP contribution is -2.01. The molecule has 2 aromatic heterocycles. The Morgan fingerprint density at radius 3 is 2.91 bits per heavy atom. The predicted octanol–water partition coefficient (Wildman–Crippen LogP) is 3.17. The zero-order valence-corrected chi connectivity index (χ0v) is 13.5. The summed E-state index contributed by atoms with van der Waals surface area (Å²) in [6.45, 7) is 0.607. The number of benzene rings is 1. The van der Waals surface area contributed by atoms with Gasteiger partial charge in [0.15, 0.2) is 5.78 Å². The molecule has 1 aromatic carbocycles. The van der Waals surface area contributed by atoms with E-state index >= 15 is 0 Å². The quantitative estimate of drug-likeness (QED) is 0.427. The molecule has 0 aliphatic heterocycles. The summed E-state index contributed by atoms with van der Waals surface area (Å²) in [5.41, 5.74) is 6.43. The molecular weight excluding hydrogens is 314 g/mol. The summed E-state index contributed by atoms with van der Waals surface area (Å²) >= 11 is 2.99. The van der Waals surface area contributed by atoms with Crippen LogP contribution in [0.25, 0.3) is 10.9 Å². The highest BCUT2D eigenvalue weighted by molar-refractivity contribution is 8.00. The summed E-state index contributed by atoms with van der Waals surface area (Å²) in [6, 6.07) is 11.7. The van der Waals surface area contributed by atoms with Gasteiger partial charge in [-0.2, -0.15) is 0 Å². The second-order valence-electron chi connectivity index (χ2n) is 4.71. The lowest BCUT2D eigenvalue weighted by molar-refractivity contribution is 0.102. The molecule has 112 valence electrons. The van der Waals surface area contributed by atoms with Crippen molar-refractivity contribution in [3.05, 3.63) is 52.5 Å². The number of thiophene rings is 1. The third kappa shape index (κ3) is 3.35. The number of Topliss-reactive ketones (excluding diaryl/α,β-unsaturated/α-hetero) is 1. The van der Waals surface area contributed by atoms with Crippen LogP contribution in [0.3, 0.4) is 0 Å². The van der Waals surface area contributed by atoms with Crippen LogP contribution in [-0.2, 0) is 6.42 Å². The molecule has 0 saturated carbocycles. The topological polar surface area (TPSA) is 68.9 Å². The number of carbonyl (C=O) groups is 1. The molecule has 0 atom stereocenters. The van der Waals surface area contributed by atoms with Crippen LogP contribution in [0.1, 0.15) is 14.5 Å². The Morgan fingerprint density at radius 1 is 1.18 bits per heavy atom. The highest BCUT2D eigenvalue weighted by Crippen LogP contribution is 2.26. The van der Waals surface area contributed by atoms with Gasteiger partial charge in [0, 0.05) is 10.3 Å². The van der Waals surface area contributed by atoms with Gasteiger partial charge in [0.05, 0.1) is 16.1 Å². The number of ketones is 1. The first-order valence-electron chi connectivity index (χ1n) is 6.92. The van der Waals surface area contributed by atoms with Crippen molar-refractivity contribution < 1.29 is 4.79 Å². The van der Waals surface area contributed by atoms with Crippen molar-refractivity contribution in [2.75, 3.05) is 12.3 Å². The molecule has 2 heterocycles. The van der Waals surface area contributed by atoms with Crippen molar-refractivity contribution >= 4 is 39.8 Å². The molecule has 0 aliphatic rings. The number of aromatic nitrogens is 2. The van der Waals surface area contributed by atoms with E-state index in [1.54, 1.807) is 6.33 Å². The van der Waals surface area contributed by atoms with E-state index in [1.807, 2.05) is 36.4 Å². The Balaban J connectivity index is 1.72. The van der Waals surface area contributed by atoms with E-state index in [1.165, 1.54) is 23.1 Å². The van der Waals surface area contributed by atoms with Gasteiger partial charge >= 0.3 is 0 Å². The van der Waals surface area contributed by atoms with Gasteiger partial charge in [-0.3, -0.25) is 4.79 Å². The van der Waals surface area contributed by atoms with Crippen LogP contribution < -0.4 is 5.73 Å². The molecule has 4 nitrogen and oxygen atoms in total. The third-order valence-corrected chi connectivity index (χ3v) is 5.36. The van der Waals surface area contributed by atoms with Crippen LogP contribution in [0.2, 0.25) is 0 Å². The van der Waals surface area contributed by atoms with Gasteiger partial charge in [-0.1, -0.05) is 30.0 Å². The van der Waals surface area contributed by atoms with Gasteiger partial charge in [0.25, 0.3) is 0 Å². The van der Waals surface area contributed by atoms with Crippen molar-refractivity contribution in [1.29, 1.82) is 0 Å². The molecule has 0 fully saturated rings. The van der Waals surface area contributed by atoms with E-state index in [4.69, 9.17) is 5.73 Å². The first-order valence-corrected chi connectivity index (χ1v) is 8.72. The maximum absolute atomic E-state index is 12.3. The number of hydrogen-bond acceptors (Lipinski definition) is 6. The van der Waals surface area contributed by atoms with Crippen LogP contribution in [-0.4, -0.2) is 28.0 Å². The summed E-state index contributed by atoms with van der Waals surface area (Å²) in [4.78, 5) is 22.8. The Bertz CT molecular complexity index is 795. The van der Waals surface area contributed by atoms with Crippen LogP contribution in [0.5, 0.6) is 0 Å². The van der Waals surface area contributed by atoms with Crippen molar-refractivity contribution in [2.45, 2.75) is 11.4 Å². The van der Waals surface area contributed by atoms with Gasteiger partial charge in [-0.25, -0.2) is 9.97 Å². The first-order chi connectivity index (χ1) is 10.8. The maximum Gasteiger partial charge on any atom is 0.183 e. The fourth-order valence-electron chi connectivity index (χ4n) is 2.10. The second-order valence-corrected chi connectivity index (χ2v) is 6.84. The van der Waals surface area contributed by atoms with E-state index in [0.29, 0.717) is 12.3 Å². The van der Waals surface area contributed by atoms with Crippen LogP contribution in [0, 0.1) is 0 Å². The maximum atomic E-state index is 12.3. The molecule has 0 bridgehead atoms. The van der Waals surface area contributed by atoms with Crippen LogP contribution in [0.4, 0.5) is 0 Å². The van der Waals surface area contributed by atoms with E-state index in [-0.39, 0.29) is 5.78 Å². The number of carbonyl (C=O) groups excluding carboxylic acids is 1. The molecule has 22 heavy (non-hydrogen) atoms. The molecule has 6 heteroatoms. The van der Waals surface area contributed by atoms with E-state index in [9.17, 15) is 4.79 Å². The largest absolute Gasteiger partial charge is 0.330 e. The Hall–Kier alpha value is -1.76. The molecular formula is C16H15N3OS2. The molecule has 0 saturated heterocycles. The zero-order chi connectivity index (χ0) is 15.4. The Labute approximate surface area is 136 Å². The molecule has 0 radical (unpaired) electrons. The summed E-state index contributed by atoms with van der Waals surface area (Å²) < 4.78 is 0. The minimum absolute atomic E-state index is 0.126. The van der Waals surface area contributed by atoms with Crippen molar-refractivity contribution in [3.8, 4) is 0 Å². The minimum atomic E-state index is 0.126. The summed E-state index contributed by atoms with van der Waals surface area (Å²) in [6.07, 6.45) is 2.36. The van der Waals surface area contributed by atoms with Crippen LogP contribution in [0.15, 0.2) is 47.8 Å². The molecule has 0 amide bonds. The number of thioether (sulfide) groups is 1.